The number of hydrogen-bond acceptors (Lipinski definition) is 5. The number of halogens is 1. The molecular weight excluding hydrogens is 499 g/mol. The molecule has 0 fully saturated rings. The normalized spacial score (nSPS) is 10.8. The van der Waals surface area contributed by atoms with Crippen LogP contribution in [-0.4, -0.2) is 53.3 Å². The van der Waals surface area contributed by atoms with Gasteiger partial charge in [-0.3, -0.25) is 9.59 Å². The van der Waals surface area contributed by atoms with Gasteiger partial charge in [-0.05, 0) is 61.4 Å². The Labute approximate surface area is 227 Å². The number of carbonyl (C=O) groups excluding carboxylic acids is 2. The van der Waals surface area contributed by atoms with Crippen LogP contribution in [0, 0.1) is 5.82 Å². The number of rotatable bonds is 10. The first-order chi connectivity index (χ1) is 18.8. The summed E-state index contributed by atoms with van der Waals surface area (Å²) in [5.74, 6) is 0.504. The summed E-state index contributed by atoms with van der Waals surface area (Å²) >= 11 is 0. The highest BCUT2D eigenvalue weighted by atomic mass is 19.1. The third-order valence-electron chi connectivity index (χ3n) is 6.21. The second-order valence-corrected chi connectivity index (χ2v) is 9.21. The van der Waals surface area contributed by atoms with Crippen molar-refractivity contribution in [2.24, 2.45) is 0 Å². The van der Waals surface area contributed by atoms with Crippen molar-refractivity contribution in [3.8, 4) is 28.3 Å². The van der Waals surface area contributed by atoms with Crippen LogP contribution in [0.2, 0.25) is 0 Å². The van der Waals surface area contributed by atoms with Crippen LogP contribution in [0.25, 0.3) is 16.8 Å². The molecule has 0 aliphatic carbocycles. The Bertz CT molecular complexity index is 1440. The molecule has 1 aromatic heterocycles. The van der Waals surface area contributed by atoms with Gasteiger partial charge in [0.15, 0.2) is 17.3 Å². The molecule has 1 heterocycles. The highest BCUT2D eigenvalue weighted by Gasteiger charge is 2.23. The maximum Gasteiger partial charge on any atom is 0.245 e. The molecule has 0 saturated heterocycles. The molecule has 3 aromatic carbocycles. The molecular formula is C30H31FN4O4. The molecule has 0 unspecified atom stereocenters. The summed E-state index contributed by atoms with van der Waals surface area (Å²) in [5, 5.41) is 7.43. The standard InChI is InChI=1S/C30H31FN4O4/c1-20(2)34(29(37)17-21-10-15-26(38-3)27(16-21)39-4)19-28(36)32-30-25(22-8-6-5-7-9-22)18-35(33-30)24-13-11-23(31)12-14-24/h5-16,18,20H,17,19H2,1-4H3,(H,32,33,36). The number of nitrogens with zero attached hydrogens (tertiary/aromatic N) is 3. The Balaban J connectivity index is 1.54. The van der Waals surface area contributed by atoms with Crippen molar-refractivity contribution in [1.82, 2.24) is 14.7 Å². The van der Waals surface area contributed by atoms with Crippen molar-refractivity contribution in [3.63, 3.8) is 0 Å². The van der Waals surface area contributed by atoms with E-state index in [4.69, 9.17) is 9.47 Å². The van der Waals surface area contributed by atoms with E-state index in [1.54, 1.807) is 48.3 Å². The number of ether oxygens (including phenoxy) is 2. The number of carbonyl (C=O) groups is 2. The smallest absolute Gasteiger partial charge is 0.245 e. The first-order valence-corrected chi connectivity index (χ1v) is 12.5. The summed E-state index contributed by atoms with van der Waals surface area (Å²) in [4.78, 5) is 27.9. The molecule has 0 atom stereocenters. The van der Waals surface area contributed by atoms with Crippen molar-refractivity contribution in [2.75, 3.05) is 26.1 Å². The van der Waals surface area contributed by atoms with Crippen LogP contribution in [0.1, 0.15) is 19.4 Å². The molecule has 0 saturated carbocycles. The van der Waals surface area contributed by atoms with E-state index in [0.29, 0.717) is 28.6 Å². The maximum absolute atomic E-state index is 13.5. The molecule has 8 nitrogen and oxygen atoms in total. The van der Waals surface area contributed by atoms with Crippen LogP contribution in [0.3, 0.4) is 0 Å². The molecule has 2 amide bonds. The number of benzene rings is 3. The fraction of sp³-hybridized carbons (Fsp3) is 0.233. The number of methoxy groups -OCH3 is 2. The van der Waals surface area contributed by atoms with Crippen molar-refractivity contribution >= 4 is 17.6 Å². The zero-order valence-electron chi connectivity index (χ0n) is 22.3. The Morgan fingerprint density at radius 3 is 2.31 bits per heavy atom. The van der Waals surface area contributed by atoms with Crippen molar-refractivity contribution in [1.29, 1.82) is 0 Å². The predicted molar refractivity (Wildman–Crippen MR) is 148 cm³/mol. The number of aromatic nitrogens is 2. The molecule has 9 heteroatoms. The SMILES string of the molecule is COc1ccc(CC(=O)N(CC(=O)Nc2nn(-c3ccc(F)cc3)cc2-c2ccccc2)C(C)C)cc1OC. The molecule has 202 valence electrons. The molecule has 0 bridgehead atoms. The topological polar surface area (TPSA) is 85.7 Å². The molecule has 1 N–H and O–H groups in total. The van der Waals surface area contributed by atoms with E-state index in [-0.39, 0.29) is 36.6 Å². The van der Waals surface area contributed by atoms with Gasteiger partial charge in [0.2, 0.25) is 11.8 Å². The summed E-state index contributed by atoms with van der Waals surface area (Å²) < 4.78 is 25.7. The first kappa shape index (κ1) is 27.4. The zero-order chi connectivity index (χ0) is 27.9. The third-order valence-corrected chi connectivity index (χ3v) is 6.21. The van der Waals surface area contributed by atoms with Gasteiger partial charge < -0.3 is 19.7 Å². The van der Waals surface area contributed by atoms with Gasteiger partial charge in [0.1, 0.15) is 12.4 Å². The summed E-state index contributed by atoms with van der Waals surface area (Å²) in [5.41, 5.74) is 2.93. The summed E-state index contributed by atoms with van der Waals surface area (Å²) in [6.45, 7) is 3.57. The lowest BCUT2D eigenvalue weighted by molar-refractivity contribution is -0.135. The van der Waals surface area contributed by atoms with E-state index < -0.39 is 0 Å². The Hall–Kier alpha value is -4.66. The van der Waals surface area contributed by atoms with E-state index in [1.165, 1.54) is 24.1 Å². The van der Waals surface area contributed by atoms with Gasteiger partial charge in [-0.1, -0.05) is 36.4 Å². The average Bonchev–Trinajstić information content (AvgIpc) is 3.35. The summed E-state index contributed by atoms with van der Waals surface area (Å²) in [7, 11) is 3.09. The van der Waals surface area contributed by atoms with Gasteiger partial charge in [-0.2, -0.15) is 0 Å². The lowest BCUT2D eigenvalue weighted by atomic mass is 10.1. The number of nitrogens with one attached hydrogen (secondary N) is 1. The van der Waals surface area contributed by atoms with E-state index >= 15 is 0 Å². The maximum atomic E-state index is 13.5. The highest BCUT2D eigenvalue weighted by Crippen LogP contribution is 2.29. The zero-order valence-corrected chi connectivity index (χ0v) is 22.3. The van der Waals surface area contributed by atoms with E-state index in [1.807, 2.05) is 44.2 Å². The predicted octanol–water partition coefficient (Wildman–Crippen LogP) is 5.11. The van der Waals surface area contributed by atoms with E-state index in [9.17, 15) is 14.0 Å². The van der Waals surface area contributed by atoms with Crippen LogP contribution in [-0.2, 0) is 16.0 Å². The summed E-state index contributed by atoms with van der Waals surface area (Å²) in [6.07, 6.45) is 1.88. The largest absolute Gasteiger partial charge is 0.493 e. The Kier molecular flexibility index (Phi) is 8.60. The van der Waals surface area contributed by atoms with Crippen LogP contribution in [0.15, 0.2) is 79.0 Å². The van der Waals surface area contributed by atoms with Gasteiger partial charge in [-0.25, -0.2) is 9.07 Å². The molecule has 0 aliphatic rings. The molecule has 0 aliphatic heterocycles. The van der Waals surface area contributed by atoms with Gasteiger partial charge in [0, 0.05) is 17.8 Å². The fourth-order valence-corrected chi connectivity index (χ4v) is 4.17. The second kappa shape index (κ2) is 12.3. The molecule has 0 radical (unpaired) electrons. The monoisotopic (exact) mass is 530 g/mol. The fourth-order valence-electron chi connectivity index (χ4n) is 4.17. The lowest BCUT2D eigenvalue weighted by Crippen LogP contribution is -2.43. The first-order valence-electron chi connectivity index (χ1n) is 12.5. The Morgan fingerprint density at radius 1 is 0.974 bits per heavy atom. The number of anilines is 1. The van der Waals surface area contributed by atoms with E-state index in [2.05, 4.69) is 10.4 Å². The molecule has 39 heavy (non-hydrogen) atoms. The van der Waals surface area contributed by atoms with Gasteiger partial charge in [-0.15, -0.1) is 5.10 Å². The lowest BCUT2D eigenvalue weighted by Gasteiger charge is -2.26. The van der Waals surface area contributed by atoms with Crippen molar-refractivity contribution in [2.45, 2.75) is 26.3 Å². The minimum atomic E-state index is -0.383. The minimum absolute atomic E-state index is 0.0975. The second-order valence-electron chi connectivity index (χ2n) is 9.21. The average molecular weight is 531 g/mol. The number of amides is 2. The third kappa shape index (κ3) is 6.62. The minimum Gasteiger partial charge on any atom is -0.493 e. The van der Waals surface area contributed by atoms with E-state index in [0.717, 1.165) is 11.1 Å². The summed E-state index contributed by atoms with van der Waals surface area (Å²) in [6, 6.07) is 20.5. The molecule has 0 spiro atoms. The highest BCUT2D eigenvalue weighted by molar-refractivity contribution is 5.97. The van der Waals surface area contributed by atoms with Crippen molar-refractivity contribution in [3.05, 3.63) is 90.4 Å². The van der Waals surface area contributed by atoms with Crippen LogP contribution in [0.4, 0.5) is 10.2 Å². The van der Waals surface area contributed by atoms with Crippen LogP contribution < -0.4 is 14.8 Å². The molecule has 4 aromatic rings. The van der Waals surface area contributed by atoms with Gasteiger partial charge >= 0.3 is 0 Å². The van der Waals surface area contributed by atoms with Crippen molar-refractivity contribution < 1.29 is 23.5 Å². The Morgan fingerprint density at radius 2 is 1.67 bits per heavy atom. The van der Waals surface area contributed by atoms with Gasteiger partial charge in [0.05, 0.1) is 26.3 Å². The van der Waals surface area contributed by atoms with Crippen LogP contribution >= 0.6 is 0 Å². The van der Waals surface area contributed by atoms with Gasteiger partial charge in [0.25, 0.3) is 0 Å². The number of hydrogen-bond donors (Lipinski definition) is 1. The quantitative estimate of drug-likeness (QED) is 0.308. The molecule has 4 rings (SSSR count). The van der Waals surface area contributed by atoms with Crippen LogP contribution in [0.5, 0.6) is 11.5 Å².